The number of urea groups is 1. The lowest BCUT2D eigenvalue weighted by atomic mass is 9.86. The first-order valence-electron chi connectivity index (χ1n) is 14.9. The molecular formula is C28H48N6O7S. The highest BCUT2D eigenvalue weighted by molar-refractivity contribution is 7.87. The van der Waals surface area contributed by atoms with E-state index in [2.05, 4.69) is 22.9 Å². The molecule has 0 bridgehead atoms. The Morgan fingerprint density at radius 3 is 2.43 bits per heavy atom. The van der Waals surface area contributed by atoms with Gasteiger partial charge in [0.2, 0.25) is 11.8 Å². The molecule has 0 radical (unpaired) electrons. The van der Waals surface area contributed by atoms with Crippen molar-refractivity contribution >= 4 is 34.0 Å². The Morgan fingerprint density at radius 2 is 1.83 bits per heavy atom. The molecule has 1 saturated carbocycles. The molecule has 0 aromatic carbocycles. The number of carbonyl (C=O) groups excluding carboxylic acids is 3. The summed E-state index contributed by atoms with van der Waals surface area (Å²) in [6, 6.07) is -1.96. The number of nitrogens with one attached hydrogen (secondary N) is 3. The highest BCUT2D eigenvalue weighted by Crippen LogP contribution is 2.45. The van der Waals surface area contributed by atoms with Gasteiger partial charge in [-0.1, -0.05) is 52.7 Å². The number of carboxylic acids is 1. The Bertz CT molecular complexity index is 1150. The minimum atomic E-state index is -3.58. The fourth-order valence-corrected chi connectivity index (χ4v) is 6.81. The summed E-state index contributed by atoms with van der Waals surface area (Å²) in [6.45, 7) is 8.53. The summed E-state index contributed by atoms with van der Waals surface area (Å²) in [5.74, 6) is -2.33. The molecule has 1 aliphatic carbocycles. The van der Waals surface area contributed by atoms with Crippen LogP contribution in [-0.2, 0) is 24.6 Å². The molecule has 13 nitrogen and oxygen atoms in total. The maximum Gasteiger partial charge on any atom is 0.330 e. The van der Waals surface area contributed by atoms with Crippen LogP contribution in [0.1, 0.15) is 72.6 Å². The van der Waals surface area contributed by atoms with Crippen LogP contribution in [0.3, 0.4) is 0 Å². The van der Waals surface area contributed by atoms with Crippen LogP contribution >= 0.6 is 0 Å². The van der Waals surface area contributed by atoms with Crippen molar-refractivity contribution in [2.75, 3.05) is 39.8 Å². The van der Waals surface area contributed by atoms with Crippen molar-refractivity contribution in [2.24, 2.45) is 11.3 Å². The van der Waals surface area contributed by atoms with Crippen LogP contribution in [0.5, 0.6) is 0 Å². The van der Waals surface area contributed by atoms with Gasteiger partial charge in [0.25, 0.3) is 10.2 Å². The third-order valence-corrected chi connectivity index (χ3v) is 10.4. The number of aliphatic carboxylic acids is 1. The molecule has 2 unspecified atom stereocenters. The summed E-state index contributed by atoms with van der Waals surface area (Å²) in [5.41, 5.74) is -1.82. The molecule has 0 spiro atoms. The summed E-state index contributed by atoms with van der Waals surface area (Å²) in [6.07, 6.45) is 9.25. The topological polar surface area (TPSA) is 168 Å². The monoisotopic (exact) mass is 612 g/mol. The van der Waals surface area contributed by atoms with E-state index >= 15 is 0 Å². The van der Waals surface area contributed by atoms with Gasteiger partial charge in [0.1, 0.15) is 11.6 Å². The predicted octanol–water partition coefficient (Wildman–Crippen LogP) is 1.28. The van der Waals surface area contributed by atoms with Gasteiger partial charge in [-0.3, -0.25) is 9.59 Å². The van der Waals surface area contributed by atoms with Gasteiger partial charge in [-0.25, -0.2) is 9.59 Å². The van der Waals surface area contributed by atoms with Gasteiger partial charge in [-0.2, -0.15) is 17.0 Å². The maximum absolute atomic E-state index is 13.2. The SMILES string of the molecule is CCCCC/C=C\C1C[C@]1(NC(=O)[C@@H]1CCCN1C(=O)CNC(=O)NC(CN1CCN(C)S1(=O)=O)C(C)(C)C)C(=O)O. The smallest absolute Gasteiger partial charge is 0.330 e. The Balaban J connectivity index is 1.54. The minimum Gasteiger partial charge on any atom is -0.479 e. The number of carboxylic acid groups (broad SMARTS) is 1. The lowest BCUT2D eigenvalue weighted by molar-refractivity contribution is -0.145. The summed E-state index contributed by atoms with van der Waals surface area (Å²) < 4.78 is 27.6. The van der Waals surface area contributed by atoms with E-state index < -0.39 is 57.1 Å². The van der Waals surface area contributed by atoms with Gasteiger partial charge in [0.15, 0.2) is 0 Å². The van der Waals surface area contributed by atoms with Gasteiger partial charge < -0.3 is 26.0 Å². The van der Waals surface area contributed by atoms with Crippen LogP contribution in [0.2, 0.25) is 0 Å². The van der Waals surface area contributed by atoms with E-state index in [-0.39, 0.29) is 19.0 Å². The fourth-order valence-electron chi connectivity index (χ4n) is 5.45. The number of unbranched alkanes of at least 4 members (excludes halogenated alkanes) is 3. The van der Waals surface area contributed by atoms with Crippen LogP contribution in [0.25, 0.3) is 0 Å². The number of hydrogen-bond donors (Lipinski definition) is 4. The molecule has 3 fully saturated rings. The Hall–Kier alpha value is -2.71. The molecule has 238 valence electrons. The highest BCUT2D eigenvalue weighted by atomic mass is 32.2. The molecule has 4 amide bonds. The maximum atomic E-state index is 13.2. The van der Waals surface area contributed by atoms with E-state index in [1.807, 2.05) is 32.9 Å². The molecule has 4 N–H and O–H groups in total. The molecule has 2 saturated heterocycles. The molecule has 2 aliphatic heterocycles. The normalized spacial score (nSPS) is 26.7. The number of amides is 4. The van der Waals surface area contributed by atoms with Crippen LogP contribution < -0.4 is 16.0 Å². The standard InChI is InChI=1S/C28H48N6O7S/c1-6-7-8-9-10-12-20-17-28(20,25(37)38)31-24(36)21-13-11-14-34(21)23(35)18-29-26(39)30-22(27(2,3)4)19-33-16-15-32(5)42(33,40)41/h10,12,20-22H,6-9,11,13-19H2,1-5H3,(H,31,36)(H,37,38)(H2,29,30,39)/b12-10-/t20?,21-,22?,28+/m0/s1. The zero-order chi connectivity index (χ0) is 31.3. The minimum absolute atomic E-state index is 0.0894. The van der Waals surface area contributed by atoms with Crippen molar-refractivity contribution in [2.45, 2.75) is 90.3 Å². The first-order chi connectivity index (χ1) is 19.6. The van der Waals surface area contributed by atoms with E-state index in [1.54, 1.807) is 0 Å². The third kappa shape index (κ3) is 8.01. The summed E-state index contributed by atoms with van der Waals surface area (Å²) in [5, 5.41) is 17.9. The number of likely N-dealkylation sites (N-methyl/N-ethyl adjacent to an activating group) is 1. The second-order valence-electron chi connectivity index (χ2n) is 12.7. The van der Waals surface area contributed by atoms with Gasteiger partial charge >= 0.3 is 12.0 Å². The molecule has 0 aromatic heterocycles. The van der Waals surface area contributed by atoms with Crippen molar-refractivity contribution < 1.29 is 32.7 Å². The number of hydrogen-bond acceptors (Lipinski definition) is 6. The summed E-state index contributed by atoms with van der Waals surface area (Å²) >= 11 is 0. The summed E-state index contributed by atoms with van der Waals surface area (Å²) in [4.78, 5) is 52.4. The molecule has 4 atom stereocenters. The van der Waals surface area contributed by atoms with E-state index in [1.165, 1.54) is 20.6 Å². The first kappa shape index (κ1) is 33.8. The third-order valence-electron chi connectivity index (χ3n) is 8.48. The lowest BCUT2D eigenvalue weighted by Crippen LogP contribution is -2.56. The highest BCUT2D eigenvalue weighted by Gasteiger charge is 2.61. The number of nitrogens with zero attached hydrogens (tertiary/aromatic N) is 3. The van der Waals surface area contributed by atoms with Crippen molar-refractivity contribution in [1.82, 2.24) is 29.5 Å². The number of rotatable bonds is 13. The molecule has 3 aliphatic rings. The Morgan fingerprint density at radius 1 is 1.12 bits per heavy atom. The van der Waals surface area contributed by atoms with Gasteiger partial charge in [0.05, 0.1) is 6.54 Å². The van der Waals surface area contributed by atoms with Crippen LogP contribution in [0.4, 0.5) is 4.79 Å². The average Bonchev–Trinajstić information content (AvgIpc) is 3.25. The van der Waals surface area contributed by atoms with Crippen molar-refractivity contribution in [3.63, 3.8) is 0 Å². The number of likely N-dealkylation sites (tertiary alicyclic amines) is 1. The fraction of sp³-hybridized carbons (Fsp3) is 0.786. The van der Waals surface area contributed by atoms with Crippen LogP contribution in [0, 0.1) is 11.3 Å². The quantitative estimate of drug-likeness (QED) is 0.179. The number of allylic oxidation sites excluding steroid dienone is 1. The molecular weight excluding hydrogens is 564 g/mol. The molecule has 42 heavy (non-hydrogen) atoms. The van der Waals surface area contributed by atoms with E-state index in [0.29, 0.717) is 38.9 Å². The predicted molar refractivity (Wildman–Crippen MR) is 158 cm³/mol. The zero-order valence-corrected chi connectivity index (χ0v) is 26.3. The van der Waals surface area contributed by atoms with Crippen molar-refractivity contribution in [3.8, 4) is 0 Å². The molecule has 0 aromatic rings. The molecule has 2 heterocycles. The average molecular weight is 613 g/mol. The van der Waals surface area contributed by atoms with Crippen LogP contribution in [-0.4, -0.2) is 108 Å². The second kappa shape index (κ2) is 13.7. The van der Waals surface area contributed by atoms with E-state index in [4.69, 9.17) is 0 Å². The summed E-state index contributed by atoms with van der Waals surface area (Å²) in [7, 11) is -2.07. The number of carbonyl (C=O) groups is 4. The Labute approximate surface area is 249 Å². The van der Waals surface area contributed by atoms with E-state index in [9.17, 15) is 32.7 Å². The van der Waals surface area contributed by atoms with Crippen LogP contribution in [0.15, 0.2) is 12.2 Å². The van der Waals surface area contributed by atoms with E-state index in [0.717, 1.165) is 25.7 Å². The van der Waals surface area contributed by atoms with Crippen molar-refractivity contribution in [1.29, 1.82) is 0 Å². The first-order valence-corrected chi connectivity index (χ1v) is 16.3. The van der Waals surface area contributed by atoms with Gasteiger partial charge in [-0.05, 0) is 37.5 Å². The van der Waals surface area contributed by atoms with Gasteiger partial charge in [0, 0.05) is 45.2 Å². The lowest BCUT2D eigenvalue weighted by Gasteiger charge is -2.34. The van der Waals surface area contributed by atoms with Gasteiger partial charge in [-0.15, -0.1) is 0 Å². The zero-order valence-electron chi connectivity index (χ0n) is 25.5. The molecule has 3 rings (SSSR count). The Kier molecular flexibility index (Phi) is 11.0. The largest absolute Gasteiger partial charge is 0.479 e. The van der Waals surface area contributed by atoms with Crippen molar-refractivity contribution in [3.05, 3.63) is 12.2 Å². The second-order valence-corrected chi connectivity index (χ2v) is 14.7. The molecule has 14 heteroatoms.